The van der Waals surface area contributed by atoms with Crippen molar-refractivity contribution in [3.63, 3.8) is 0 Å². The number of hydrogen-bond acceptors (Lipinski definition) is 9. The van der Waals surface area contributed by atoms with Crippen LogP contribution in [0, 0.1) is 0 Å². The molecule has 2 unspecified atom stereocenters. The summed E-state index contributed by atoms with van der Waals surface area (Å²) in [7, 11) is -9.41. The molecule has 264 valence electrons. The predicted molar refractivity (Wildman–Crippen MR) is 191 cm³/mol. The maximum atomic E-state index is 12.9. The molecular formula is C35H26N4O11S2. The molecule has 0 heterocycles. The van der Waals surface area contributed by atoms with Crippen molar-refractivity contribution in [2.45, 2.75) is 12.2 Å². The Kier molecular flexibility index (Phi) is 9.65. The number of aliphatic hydroxyl groups excluding tert-OH is 2. The lowest BCUT2D eigenvalue weighted by Gasteiger charge is -2.21. The van der Waals surface area contributed by atoms with Gasteiger partial charge in [-0.3, -0.25) is 18.7 Å². The van der Waals surface area contributed by atoms with Gasteiger partial charge < -0.3 is 20.8 Å². The molecule has 17 heteroatoms. The van der Waals surface area contributed by atoms with Gasteiger partial charge in [0.15, 0.2) is 0 Å². The molecule has 0 radical (unpaired) electrons. The second-order valence-electron chi connectivity index (χ2n) is 11.4. The van der Waals surface area contributed by atoms with Crippen LogP contribution in [0.25, 0.3) is 9.81 Å². The molecule has 2 aliphatic carbocycles. The number of hydrogen-bond donors (Lipinski definition) is 6. The van der Waals surface area contributed by atoms with Crippen molar-refractivity contribution in [3.8, 4) is 0 Å². The molecular weight excluding hydrogens is 717 g/mol. The van der Waals surface area contributed by atoms with Crippen LogP contribution in [0.1, 0.15) is 55.2 Å². The van der Waals surface area contributed by atoms with E-state index in [1.54, 1.807) is 12.1 Å². The molecule has 52 heavy (non-hydrogen) atoms. The summed E-state index contributed by atoms with van der Waals surface area (Å²) in [5, 5.41) is 26.6. The van der Waals surface area contributed by atoms with E-state index in [0.29, 0.717) is 0 Å². The first kappa shape index (κ1) is 35.9. The Morgan fingerprint density at radius 1 is 0.538 bits per heavy atom. The molecule has 15 nitrogen and oxygen atoms in total. The highest BCUT2D eigenvalue weighted by molar-refractivity contribution is 7.95. The van der Waals surface area contributed by atoms with Gasteiger partial charge >= 0.3 is 6.03 Å². The van der Waals surface area contributed by atoms with Gasteiger partial charge in [-0.05, 0) is 71.8 Å². The summed E-state index contributed by atoms with van der Waals surface area (Å²) >= 11 is 0. The van der Waals surface area contributed by atoms with Crippen molar-refractivity contribution in [3.05, 3.63) is 143 Å². The summed E-state index contributed by atoms with van der Waals surface area (Å²) in [6.07, 6.45) is -1.01. The lowest BCUT2D eigenvalue weighted by Crippen LogP contribution is -2.21. The minimum atomic E-state index is -4.71. The first-order chi connectivity index (χ1) is 24.6. The van der Waals surface area contributed by atoms with Crippen LogP contribution in [0.4, 0.5) is 16.2 Å². The van der Waals surface area contributed by atoms with Crippen LogP contribution in [-0.4, -0.2) is 65.4 Å². The fraction of sp³-hybridized carbons (Fsp3) is 0.0571. The Hall–Kier alpha value is -5.95. The SMILES string of the molecule is O=C(Nc1ccc(C(=O)N=C2C=C(S(=O)(=O)O)c3ccccc3C2O)cc1)Nc1ccc(C(=O)N=C2C=C(S(=O)(=O)O)c3ccccc3C2O)cc1. The van der Waals surface area contributed by atoms with Crippen LogP contribution in [0.2, 0.25) is 0 Å². The summed E-state index contributed by atoms with van der Waals surface area (Å²) in [6.45, 7) is 0. The molecule has 0 spiro atoms. The standard InChI is InChI=1S/C35H26N4O11S2/c40-31-25-7-3-1-5-23(25)29(51(45,46)47)17-27(31)38-33(42)19-9-13-21(14-10-19)36-35(44)37-22-15-11-20(12-16-22)34(43)39-28-18-30(52(48,49)50)24-6-2-4-8-26(24)32(28)41/h1-18,31-32,40-41H,(H2,36,37,44)(H,45,46,47)(H,48,49,50). The zero-order chi connectivity index (χ0) is 37.4. The third kappa shape index (κ3) is 7.54. The number of aliphatic imine (C=N–C) groups is 2. The van der Waals surface area contributed by atoms with Crippen molar-refractivity contribution in [2.75, 3.05) is 10.6 Å². The average molecular weight is 743 g/mol. The van der Waals surface area contributed by atoms with E-state index in [9.17, 15) is 50.5 Å². The Morgan fingerprint density at radius 3 is 1.23 bits per heavy atom. The minimum Gasteiger partial charge on any atom is -0.382 e. The van der Waals surface area contributed by atoms with E-state index in [2.05, 4.69) is 20.6 Å². The van der Waals surface area contributed by atoms with E-state index >= 15 is 0 Å². The Morgan fingerprint density at radius 2 is 0.885 bits per heavy atom. The predicted octanol–water partition coefficient (Wildman–Crippen LogP) is 4.44. The molecule has 2 aliphatic rings. The molecule has 0 aromatic heterocycles. The molecule has 4 amide bonds. The molecule has 0 bridgehead atoms. The summed E-state index contributed by atoms with van der Waals surface area (Å²) in [6, 6.07) is 22.2. The van der Waals surface area contributed by atoms with Crippen molar-refractivity contribution in [1.82, 2.24) is 0 Å². The molecule has 2 atom stereocenters. The summed E-state index contributed by atoms with van der Waals surface area (Å²) in [4.78, 5) is 45.1. The fourth-order valence-electron chi connectivity index (χ4n) is 5.48. The van der Waals surface area contributed by atoms with E-state index in [1.807, 2.05) is 0 Å². The Bertz CT molecular complexity index is 2320. The number of urea groups is 1. The molecule has 4 aromatic rings. The van der Waals surface area contributed by atoms with Gasteiger partial charge in [-0.1, -0.05) is 48.5 Å². The largest absolute Gasteiger partial charge is 0.382 e. The molecule has 0 aliphatic heterocycles. The second-order valence-corrected chi connectivity index (χ2v) is 14.1. The third-order valence-electron chi connectivity index (χ3n) is 7.96. The number of carbonyl (C=O) groups is 3. The van der Waals surface area contributed by atoms with Gasteiger partial charge in [0.25, 0.3) is 32.1 Å². The number of amides is 4. The summed E-state index contributed by atoms with van der Waals surface area (Å²) < 4.78 is 67.2. The van der Waals surface area contributed by atoms with Crippen LogP contribution in [0.3, 0.4) is 0 Å². The zero-order valence-electron chi connectivity index (χ0n) is 26.4. The molecule has 4 aromatic carbocycles. The number of nitrogens with zero attached hydrogens (tertiary/aromatic N) is 2. The maximum absolute atomic E-state index is 12.9. The molecule has 6 rings (SSSR count). The topological polar surface area (TPSA) is 249 Å². The number of anilines is 2. The van der Waals surface area contributed by atoms with Crippen LogP contribution in [0.15, 0.2) is 119 Å². The Labute approximate surface area is 295 Å². The number of aliphatic hydroxyl groups is 2. The molecule has 0 fully saturated rings. The van der Waals surface area contributed by atoms with Crippen LogP contribution < -0.4 is 10.6 Å². The Balaban J connectivity index is 1.10. The number of rotatable bonds is 6. The van der Waals surface area contributed by atoms with E-state index in [1.165, 1.54) is 84.9 Å². The average Bonchev–Trinajstić information content (AvgIpc) is 3.10. The van der Waals surface area contributed by atoms with Gasteiger partial charge in [0.2, 0.25) is 0 Å². The van der Waals surface area contributed by atoms with E-state index in [0.717, 1.165) is 12.2 Å². The second kappa shape index (κ2) is 14.0. The first-order valence-corrected chi connectivity index (χ1v) is 18.0. The summed E-state index contributed by atoms with van der Waals surface area (Å²) in [5.41, 5.74) is 0.497. The van der Waals surface area contributed by atoms with Crippen molar-refractivity contribution in [2.24, 2.45) is 9.98 Å². The van der Waals surface area contributed by atoms with E-state index in [4.69, 9.17) is 0 Å². The molecule has 6 N–H and O–H groups in total. The number of benzene rings is 4. The van der Waals surface area contributed by atoms with E-state index < -0.39 is 60.1 Å². The maximum Gasteiger partial charge on any atom is 0.323 e. The lowest BCUT2D eigenvalue weighted by atomic mass is 9.93. The highest BCUT2D eigenvalue weighted by Crippen LogP contribution is 2.35. The highest BCUT2D eigenvalue weighted by Gasteiger charge is 2.32. The third-order valence-corrected chi connectivity index (χ3v) is 9.74. The van der Waals surface area contributed by atoms with Crippen LogP contribution in [-0.2, 0) is 20.2 Å². The van der Waals surface area contributed by atoms with Crippen LogP contribution >= 0.6 is 0 Å². The van der Waals surface area contributed by atoms with Crippen molar-refractivity contribution >= 4 is 70.7 Å². The smallest absolute Gasteiger partial charge is 0.323 e. The number of carbonyl (C=O) groups excluding carboxylic acids is 3. The van der Waals surface area contributed by atoms with Gasteiger partial charge in [0, 0.05) is 33.6 Å². The zero-order valence-corrected chi connectivity index (χ0v) is 28.0. The summed E-state index contributed by atoms with van der Waals surface area (Å²) in [5.74, 6) is -1.65. The quantitative estimate of drug-likeness (QED) is 0.151. The van der Waals surface area contributed by atoms with E-state index in [-0.39, 0.29) is 56.2 Å². The van der Waals surface area contributed by atoms with Gasteiger partial charge in [-0.25, -0.2) is 14.8 Å². The van der Waals surface area contributed by atoms with Crippen molar-refractivity contribution < 1.29 is 50.5 Å². The molecule has 0 saturated carbocycles. The first-order valence-electron chi connectivity index (χ1n) is 15.1. The number of fused-ring (bicyclic) bond motifs is 2. The van der Waals surface area contributed by atoms with Gasteiger partial charge in [0.1, 0.15) is 22.0 Å². The monoisotopic (exact) mass is 742 g/mol. The lowest BCUT2D eigenvalue weighted by molar-refractivity contribution is 0.0992. The van der Waals surface area contributed by atoms with Crippen LogP contribution in [0.5, 0.6) is 0 Å². The highest BCUT2D eigenvalue weighted by atomic mass is 32.2. The van der Waals surface area contributed by atoms with Gasteiger partial charge in [-0.2, -0.15) is 16.8 Å². The fourth-order valence-corrected chi connectivity index (χ4v) is 6.95. The van der Waals surface area contributed by atoms with Gasteiger partial charge in [0.05, 0.1) is 11.4 Å². The van der Waals surface area contributed by atoms with Gasteiger partial charge in [-0.15, -0.1) is 0 Å². The number of nitrogens with one attached hydrogen (secondary N) is 2. The van der Waals surface area contributed by atoms with Crippen molar-refractivity contribution in [1.29, 1.82) is 0 Å². The normalized spacial score (nSPS) is 18.5. The minimum absolute atomic E-state index is 0.0461. The molecule has 0 saturated heterocycles.